The molecule has 2 aliphatic rings. The second kappa shape index (κ2) is 7.34. The van der Waals surface area contributed by atoms with E-state index >= 15 is 0 Å². The zero-order chi connectivity index (χ0) is 21.8. The molecule has 1 fully saturated rings. The number of anilines is 3. The number of amides is 4. The second-order valence-corrected chi connectivity index (χ2v) is 15.4. The summed E-state index contributed by atoms with van der Waals surface area (Å²) in [6.07, 6.45) is 1.61. The second-order valence-electron chi connectivity index (χ2n) is 7.97. The average Bonchev–Trinajstić information content (AvgIpc) is 3.19. The Bertz CT molecular complexity index is 1220. The van der Waals surface area contributed by atoms with Crippen molar-refractivity contribution in [3.05, 3.63) is 69.8 Å². The molecule has 31 heavy (non-hydrogen) atoms. The number of carbonyl (C=O) groups is 3. The summed E-state index contributed by atoms with van der Waals surface area (Å²) < 4.78 is 2.17. The van der Waals surface area contributed by atoms with Gasteiger partial charge in [0.15, 0.2) is 0 Å². The zero-order valence-corrected chi connectivity index (χ0v) is 20.3. The Labute approximate surface area is 190 Å². The van der Waals surface area contributed by atoms with Gasteiger partial charge in [-0.05, 0) is 0 Å². The van der Waals surface area contributed by atoms with E-state index < -0.39 is 46.4 Å². The molecule has 2 N–H and O–H groups in total. The number of fused-ring (bicyclic) bond motifs is 2. The van der Waals surface area contributed by atoms with Crippen molar-refractivity contribution in [2.45, 2.75) is 13.1 Å². The first kappa shape index (κ1) is 20.0. The minimum atomic E-state index is -1.82. The molecule has 0 bridgehead atoms. The molecular formula is C23H19N3O3SiTe. The molecule has 2 aromatic carbocycles. The van der Waals surface area contributed by atoms with Crippen LogP contribution in [0.25, 0.3) is 6.08 Å². The van der Waals surface area contributed by atoms with Gasteiger partial charge < -0.3 is 0 Å². The fourth-order valence-electron chi connectivity index (χ4n) is 4.20. The fraction of sp³-hybridized carbons (Fsp3) is 0.0870. The first-order valence-corrected chi connectivity index (χ1v) is 15.2. The Balaban J connectivity index is 1.61. The van der Waals surface area contributed by atoms with Crippen LogP contribution in [0.5, 0.6) is 0 Å². The Hall–Kier alpha value is -2.92. The minimum absolute atomic E-state index is 0.0291. The summed E-state index contributed by atoms with van der Waals surface area (Å²) >= 11 is -0.853. The fourth-order valence-corrected chi connectivity index (χ4v) is 9.97. The van der Waals surface area contributed by atoms with E-state index in [2.05, 4.69) is 83.2 Å². The van der Waals surface area contributed by atoms with Crippen LogP contribution < -0.4 is 25.9 Å². The predicted molar refractivity (Wildman–Crippen MR) is 124 cm³/mol. The number of barbiturate groups is 1. The SMILES string of the molecule is C[Si]1(C)c2ccccc2N(c2ccc(C=C3C(=O)NC(=O)NC3=O)[te]2)c2ccccc21. The molecule has 4 amide bonds. The molecule has 2 aliphatic heterocycles. The van der Waals surface area contributed by atoms with Crippen LogP contribution >= 0.6 is 0 Å². The molecule has 3 heterocycles. The summed E-state index contributed by atoms with van der Waals surface area (Å²) in [6, 6.07) is 20.5. The predicted octanol–water partition coefficient (Wildman–Crippen LogP) is 2.10. The number of para-hydroxylation sites is 2. The van der Waals surface area contributed by atoms with Gasteiger partial charge in [0.2, 0.25) is 0 Å². The number of carbonyl (C=O) groups excluding carboxylic acids is 3. The van der Waals surface area contributed by atoms with Crippen molar-refractivity contribution < 1.29 is 14.4 Å². The third kappa shape index (κ3) is 3.28. The van der Waals surface area contributed by atoms with E-state index in [-0.39, 0.29) is 5.57 Å². The van der Waals surface area contributed by atoms with Gasteiger partial charge in [0.25, 0.3) is 0 Å². The van der Waals surface area contributed by atoms with Gasteiger partial charge in [0, 0.05) is 0 Å². The molecule has 6 nitrogen and oxygen atoms in total. The van der Waals surface area contributed by atoms with E-state index in [1.54, 1.807) is 6.08 Å². The molecule has 3 aromatic rings. The van der Waals surface area contributed by atoms with Crippen molar-refractivity contribution in [3.8, 4) is 0 Å². The molecule has 5 rings (SSSR count). The first-order valence-electron chi connectivity index (χ1n) is 9.83. The van der Waals surface area contributed by atoms with Crippen molar-refractivity contribution in [2.24, 2.45) is 0 Å². The van der Waals surface area contributed by atoms with E-state index in [4.69, 9.17) is 0 Å². The van der Waals surface area contributed by atoms with Crippen LogP contribution in [0.1, 0.15) is 3.58 Å². The molecule has 0 unspecified atom stereocenters. The number of imide groups is 2. The maximum absolute atomic E-state index is 12.1. The van der Waals surface area contributed by atoms with Crippen molar-refractivity contribution in [2.75, 3.05) is 4.90 Å². The number of urea groups is 1. The van der Waals surface area contributed by atoms with E-state index in [1.165, 1.54) is 25.5 Å². The summed E-state index contributed by atoms with van der Waals surface area (Å²) in [7, 11) is -1.82. The molecule has 0 aliphatic carbocycles. The van der Waals surface area contributed by atoms with Crippen LogP contribution in [0, 0.1) is 0 Å². The van der Waals surface area contributed by atoms with Crippen molar-refractivity contribution in [1.29, 1.82) is 0 Å². The van der Waals surface area contributed by atoms with Crippen molar-refractivity contribution in [3.63, 3.8) is 0 Å². The monoisotopic (exact) mass is 543 g/mol. The summed E-state index contributed by atoms with van der Waals surface area (Å²) in [5, 5.41) is 7.06. The number of hydrogen-bond donors (Lipinski definition) is 2. The van der Waals surface area contributed by atoms with E-state index in [1.807, 2.05) is 6.07 Å². The van der Waals surface area contributed by atoms with Gasteiger partial charge in [-0.25, -0.2) is 0 Å². The molecule has 0 radical (unpaired) electrons. The Morgan fingerprint density at radius 2 is 1.35 bits per heavy atom. The number of benzene rings is 2. The summed E-state index contributed by atoms with van der Waals surface area (Å²) in [5.41, 5.74) is 2.41. The molecular weight excluding hydrogens is 522 g/mol. The van der Waals surface area contributed by atoms with Crippen LogP contribution in [0.15, 0.2) is 66.2 Å². The Morgan fingerprint density at radius 3 is 1.94 bits per heavy atom. The normalized spacial score (nSPS) is 16.9. The molecule has 1 aromatic heterocycles. The van der Waals surface area contributed by atoms with Gasteiger partial charge in [-0.2, -0.15) is 0 Å². The van der Waals surface area contributed by atoms with E-state index in [9.17, 15) is 14.4 Å². The standard InChI is InChI=1S/C23H19N3O3SiTe/c1-30(2)18-9-5-3-7-16(18)26(17-8-4-6-10-19(17)30)20-12-11-14(31-20)13-15-21(27)24-23(29)25-22(15)28/h3-13H,1-2H3,(H2,24,25,27,28,29). The van der Waals surface area contributed by atoms with Gasteiger partial charge in [-0.1, -0.05) is 0 Å². The van der Waals surface area contributed by atoms with Gasteiger partial charge in [-0.15, -0.1) is 0 Å². The molecule has 8 heteroatoms. The number of nitrogens with zero attached hydrogens (tertiary/aromatic N) is 1. The maximum atomic E-state index is 12.1. The third-order valence-electron chi connectivity index (χ3n) is 5.70. The van der Waals surface area contributed by atoms with E-state index in [0.717, 1.165) is 3.58 Å². The molecule has 1 saturated heterocycles. The summed E-state index contributed by atoms with van der Waals surface area (Å²) in [4.78, 5) is 37.8. The molecule has 0 atom stereocenters. The third-order valence-corrected chi connectivity index (χ3v) is 12.1. The number of hydrogen-bond acceptors (Lipinski definition) is 4. The Morgan fingerprint density at radius 1 is 0.806 bits per heavy atom. The zero-order valence-electron chi connectivity index (χ0n) is 16.9. The van der Waals surface area contributed by atoms with Crippen LogP contribution in [-0.4, -0.2) is 46.4 Å². The first-order chi connectivity index (χ1) is 14.9. The summed E-state index contributed by atoms with van der Waals surface area (Å²) in [5.74, 6) is -1.31. The van der Waals surface area contributed by atoms with E-state index in [0.29, 0.717) is 0 Å². The van der Waals surface area contributed by atoms with Gasteiger partial charge in [0.1, 0.15) is 0 Å². The van der Waals surface area contributed by atoms with Gasteiger partial charge in [-0.3, -0.25) is 0 Å². The van der Waals surface area contributed by atoms with Gasteiger partial charge >= 0.3 is 191 Å². The van der Waals surface area contributed by atoms with Crippen LogP contribution in [0.3, 0.4) is 0 Å². The van der Waals surface area contributed by atoms with Gasteiger partial charge in [0.05, 0.1) is 0 Å². The summed E-state index contributed by atoms with van der Waals surface area (Å²) in [6.45, 7) is 4.77. The average molecular weight is 541 g/mol. The van der Waals surface area contributed by atoms with Crippen LogP contribution in [0.4, 0.5) is 19.9 Å². The molecule has 0 spiro atoms. The Kier molecular flexibility index (Phi) is 4.74. The van der Waals surface area contributed by atoms with Crippen molar-refractivity contribution >= 4 is 77.9 Å². The number of rotatable bonds is 2. The number of nitrogens with one attached hydrogen (secondary N) is 2. The quantitative estimate of drug-likeness (QED) is 0.296. The van der Waals surface area contributed by atoms with Crippen LogP contribution in [-0.2, 0) is 9.59 Å². The molecule has 0 saturated carbocycles. The van der Waals surface area contributed by atoms with Crippen LogP contribution in [0.2, 0.25) is 13.1 Å². The molecule has 154 valence electrons. The van der Waals surface area contributed by atoms with Crippen molar-refractivity contribution in [1.82, 2.24) is 10.6 Å². The topological polar surface area (TPSA) is 78.5 Å².